The second-order valence-corrected chi connectivity index (χ2v) is 5.84. The van der Waals surface area contributed by atoms with Crippen LogP contribution in [0.15, 0.2) is 54.9 Å². The predicted molar refractivity (Wildman–Crippen MR) is 96.9 cm³/mol. The number of amides is 1. The third-order valence-corrected chi connectivity index (χ3v) is 3.92. The van der Waals surface area contributed by atoms with Crippen molar-refractivity contribution in [1.29, 1.82) is 0 Å². The molecule has 0 saturated carbocycles. The molecule has 0 aliphatic carbocycles. The normalized spacial score (nSPS) is 10.3. The molecule has 0 aliphatic rings. The van der Waals surface area contributed by atoms with Crippen molar-refractivity contribution in [2.24, 2.45) is 0 Å². The van der Waals surface area contributed by atoms with Gasteiger partial charge in [0, 0.05) is 29.6 Å². The van der Waals surface area contributed by atoms with E-state index in [2.05, 4.69) is 25.8 Å². The number of carbonyl (C=O) groups excluding carboxylic acids is 1. The van der Waals surface area contributed by atoms with Crippen molar-refractivity contribution in [1.82, 2.24) is 20.5 Å². The Morgan fingerprint density at radius 2 is 2.04 bits per heavy atom. The van der Waals surface area contributed by atoms with E-state index in [0.717, 1.165) is 16.8 Å². The number of rotatable bonds is 5. The Bertz CT molecular complexity index is 868. The number of hydrogen-bond donors (Lipinski definition) is 2. The molecule has 126 valence electrons. The van der Waals surface area contributed by atoms with Gasteiger partial charge in [0.25, 0.3) is 5.91 Å². The lowest BCUT2D eigenvalue weighted by Crippen LogP contribution is -2.24. The van der Waals surface area contributed by atoms with E-state index >= 15 is 0 Å². The molecule has 0 spiro atoms. The SMILES string of the molecule is Cc1ccc(Nc2ccc(C(=O)NCc3cccnc3)nn2)cc1Cl. The van der Waals surface area contributed by atoms with E-state index in [-0.39, 0.29) is 11.6 Å². The topological polar surface area (TPSA) is 79.8 Å². The van der Waals surface area contributed by atoms with E-state index in [1.54, 1.807) is 24.5 Å². The van der Waals surface area contributed by atoms with E-state index in [9.17, 15) is 4.79 Å². The Labute approximate surface area is 150 Å². The molecular formula is C18H16ClN5O. The monoisotopic (exact) mass is 353 g/mol. The van der Waals surface area contributed by atoms with Crippen LogP contribution in [0.5, 0.6) is 0 Å². The Kier molecular flexibility index (Phi) is 5.20. The summed E-state index contributed by atoms with van der Waals surface area (Å²) in [6.07, 6.45) is 3.38. The lowest BCUT2D eigenvalue weighted by molar-refractivity contribution is 0.0945. The minimum atomic E-state index is -0.290. The first-order valence-corrected chi connectivity index (χ1v) is 8.03. The van der Waals surface area contributed by atoms with Gasteiger partial charge in [0.05, 0.1) is 0 Å². The van der Waals surface area contributed by atoms with E-state index in [1.807, 2.05) is 37.3 Å². The van der Waals surface area contributed by atoms with Gasteiger partial charge >= 0.3 is 0 Å². The van der Waals surface area contributed by atoms with Gasteiger partial charge in [-0.25, -0.2) is 0 Å². The van der Waals surface area contributed by atoms with Gasteiger partial charge < -0.3 is 10.6 Å². The van der Waals surface area contributed by atoms with Crippen molar-refractivity contribution in [3.8, 4) is 0 Å². The molecule has 0 aliphatic heterocycles. The molecule has 6 nitrogen and oxygen atoms in total. The third-order valence-electron chi connectivity index (χ3n) is 3.52. The number of nitrogens with zero attached hydrogens (tertiary/aromatic N) is 3. The fourth-order valence-electron chi connectivity index (χ4n) is 2.11. The lowest BCUT2D eigenvalue weighted by Gasteiger charge is -2.07. The van der Waals surface area contributed by atoms with Crippen LogP contribution in [0.4, 0.5) is 11.5 Å². The largest absolute Gasteiger partial charge is 0.347 e. The van der Waals surface area contributed by atoms with Crippen LogP contribution in [0.25, 0.3) is 0 Å². The van der Waals surface area contributed by atoms with Gasteiger partial charge in [0.1, 0.15) is 0 Å². The second-order valence-electron chi connectivity index (χ2n) is 5.44. The highest BCUT2D eigenvalue weighted by Crippen LogP contribution is 2.22. The van der Waals surface area contributed by atoms with Crippen LogP contribution in [-0.4, -0.2) is 21.1 Å². The van der Waals surface area contributed by atoms with Crippen LogP contribution in [-0.2, 0) is 6.54 Å². The number of aromatic nitrogens is 3. The van der Waals surface area contributed by atoms with Gasteiger partial charge in [-0.05, 0) is 48.4 Å². The van der Waals surface area contributed by atoms with Crippen LogP contribution >= 0.6 is 11.6 Å². The average Bonchev–Trinajstić information content (AvgIpc) is 2.64. The predicted octanol–water partition coefficient (Wildman–Crippen LogP) is 3.51. The van der Waals surface area contributed by atoms with Crippen LogP contribution in [0.2, 0.25) is 5.02 Å². The summed E-state index contributed by atoms with van der Waals surface area (Å²) in [5.74, 6) is 0.241. The van der Waals surface area contributed by atoms with Crippen LogP contribution in [0, 0.1) is 6.92 Å². The number of aryl methyl sites for hydroxylation is 1. The van der Waals surface area contributed by atoms with Crippen LogP contribution in [0.3, 0.4) is 0 Å². The number of nitrogens with one attached hydrogen (secondary N) is 2. The number of carbonyl (C=O) groups is 1. The Morgan fingerprint density at radius 3 is 2.72 bits per heavy atom. The van der Waals surface area contributed by atoms with Gasteiger partial charge in [0.15, 0.2) is 11.5 Å². The van der Waals surface area contributed by atoms with Crippen LogP contribution < -0.4 is 10.6 Å². The van der Waals surface area contributed by atoms with Gasteiger partial charge in [-0.3, -0.25) is 9.78 Å². The smallest absolute Gasteiger partial charge is 0.272 e. The molecule has 0 atom stereocenters. The molecule has 2 N–H and O–H groups in total. The zero-order chi connectivity index (χ0) is 17.6. The van der Waals surface area contributed by atoms with Gasteiger partial charge in [-0.2, -0.15) is 0 Å². The number of anilines is 2. The standard InChI is InChI=1S/C18H16ClN5O/c1-12-4-5-14(9-15(12)19)22-17-7-6-16(23-24-17)18(25)21-11-13-3-2-8-20-10-13/h2-10H,11H2,1H3,(H,21,25)(H,22,24). The Morgan fingerprint density at radius 1 is 1.16 bits per heavy atom. The highest BCUT2D eigenvalue weighted by atomic mass is 35.5. The first-order chi connectivity index (χ1) is 12.1. The molecule has 1 aromatic carbocycles. The molecular weight excluding hydrogens is 338 g/mol. The van der Waals surface area contributed by atoms with Crippen molar-refractivity contribution in [2.75, 3.05) is 5.32 Å². The van der Waals surface area contributed by atoms with Gasteiger partial charge in [-0.1, -0.05) is 23.7 Å². The average molecular weight is 354 g/mol. The molecule has 3 aromatic rings. The molecule has 0 bridgehead atoms. The Hall–Kier alpha value is -2.99. The first-order valence-electron chi connectivity index (χ1n) is 7.66. The lowest BCUT2D eigenvalue weighted by atomic mass is 10.2. The molecule has 7 heteroatoms. The summed E-state index contributed by atoms with van der Waals surface area (Å²) in [6, 6.07) is 12.6. The summed E-state index contributed by atoms with van der Waals surface area (Å²) in [4.78, 5) is 16.1. The molecule has 1 amide bonds. The van der Waals surface area contributed by atoms with Crippen molar-refractivity contribution in [3.63, 3.8) is 0 Å². The van der Waals surface area contributed by atoms with Crippen LogP contribution in [0.1, 0.15) is 21.6 Å². The molecule has 3 rings (SSSR count). The highest BCUT2D eigenvalue weighted by molar-refractivity contribution is 6.31. The summed E-state index contributed by atoms with van der Waals surface area (Å²) in [6.45, 7) is 2.32. The first kappa shape index (κ1) is 16.9. The zero-order valence-electron chi connectivity index (χ0n) is 13.5. The fraction of sp³-hybridized carbons (Fsp3) is 0.111. The van der Waals surface area contributed by atoms with E-state index in [0.29, 0.717) is 17.4 Å². The molecule has 0 radical (unpaired) electrons. The summed E-state index contributed by atoms with van der Waals surface area (Å²) < 4.78 is 0. The number of hydrogen-bond acceptors (Lipinski definition) is 5. The molecule has 25 heavy (non-hydrogen) atoms. The third kappa shape index (κ3) is 4.51. The molecule has 0 fully saturated rings. The molecule has 2 heterocycles. The zero-order valence-corrected chi connectivity index (χ0v) is 14.3. The molecule has 2 aromatic heterocycles. The summed E-state index contributed by atoms with van der Waals surface area (Å²) in [7, 11) is 0. The Balaban J connectivity index is 1.61. The quantitative estimate of drug-likeness (QED) is 0.733. The summed E-state index contributed by atoms with van der Waals surface area (Å²) in [5, 5.41) is 14.5. The van der Waals surface area contributed by atoms with Crippen molar-refractivity contribution < 1.29 is 4.79 Å². The molecule has 0 saturated heterocycles. The second kappa shape index (κ2) is 7.72. The molecule has 0 unspecified atom stereocenters. The maximum Gasteiger partial charge on any atom is 0.272 e. The fourth-order valence-corrected chi connectivity index (χ4v) is 2.29. The number of pyridine rings is 1. The van der Waals surface area contributed by atoms with Gasteiger partial charge in [0.2, 0.25) is 0 Å². The summed E-state index contributed by atoms with van der Waals surface area (Å²) >= 11 is 6.10. The maximum absolute atomic E-state index is 12.1. The van der Waals surface area contributed by atoms with E-state index in [1.165, 1.54) is 0 Å². The number of halogens is 1. The minimum absolute atomic E-state index is 0.247. The van der Waals surface area contributed by atoms with Crippen molar-refractivity contribution in [2.45, 2.75) is 13.5 Å². The highest BCUT2D eigenvalue weighted by Gasteiger charge is 2.08. The minimum Gasteiger partial charge on any atom is -0.347 e. The maximum atomic E-state index is 12.1. The van der Waals surface area contributed by atoms with E-state index in [4.69, 9.17) is 11.6 Å². The number of benzene rings is 1. The van der Waals surface area contributed by atoms with E-state index < -0.39 is 0 Å². The van der Waals surface area contributed by atoms with Gasteiger partial charge in [-0.15, -0.1) is 10.2 Å². The van der Waals surface area contributed by atoms with Crippen molar-refractivity contribution in [3.05, 3.63) is 76.7 Å². The summed E-state index contributed by atoms with van der Waals surface area (Å²) in [5.41, 5.74) is 2.97. The van der Waals surface area contributed by atoms with Crippen molar-refractivity contribution >= 4 is 29.0 Å².